The zero-order valence-electron chi connectivity index (χ0n) is 10.1. The highest BCUT2D eigenvalue weighted by Crippen LogP contribution is 2.24. The molecule has 6 nitrogen and oxygen atoms in total. The van der Waals surface area contributed by atoms with Gasteiger partial charge in [-0.2, -0.15) is 0 Å². The van der Waals surface area contributed by atoms with Crippen LogP contribution in [0, 0.1) is 16.0 Å². The Morgan fingerprint density at radius 2 is 2.39 bits per heavy atom. The third-order valence-corrected chi connectivity index (χ3v) is 3.31. The fraction of sp³-hybridized carbons (Fsp3) is 0.545. The van der Waals surface area contributed by atoms with E-state index in [4.69, 9.17) is 5.11 Å². The van der Waals surface area contributed by atoms with E-state index in [1.807, 2.05) is 0 Å². The van der Waals surface area contributed by atoms with Crippen molar-refractivity contribution in [2.24, 2.45) is 5.92 Å². The van der Waals surface area contributed by atoms with Gasteiger partial charge in [0.05, 0.1) is 9.40 Å². The zero-order valence-corrected chi connectivity index (χ0v) is 11.7. The van der Waals surface area contributed by atoms with E-state index >= 15 is 0 Å². The number of nitrogens with zero attached hydrogens (tertiary/aromatic N) is 2. The van der Waals surface area contributed by atoms with Crippen molar-refractivity contribution in [3.8, 4) is 0 Å². The van der Waals surface area contributed by atoms with Crippen LogP contribution in [0.25, 0.3) is 0 Å². The normalized spacial score (nSPS) is 12.2. The molecular weight excluding hydrogens is 302 g/mol. The van der Waals surface area contributed by atoms with Crippen molar-refractivity contribution in [1.29, 1.82) is 0 Å². The van der Waals surface area contributed by atoms with E-state index in [1.54, 1.807) is 0 Å². The minimum atomic E-state index is -0.484. The van der Waals surface area contributed by atoms with Gasteiger partial charge in [-0.05, 0) is 28.3 Å². The smallest absolute Gasteiger partial charge is 0.288 e. The van der Waals surface area contributed by atoms with Crippen LogP contribution >= 0.6 is 15.9 Å². The van der Waals surface area contributed by atoms with Gasteiger partial charge in [0.2, 0.25) is 0 Å². The summed E-state index contributed by atoms with van der Waals surface area (Å²) >= 11 is 3.25. The Morgan fingerprint density at radius 1 is 1.67 bits per heavy atom. The van der Waals surface area contributed by atoms with Crippen molar-refractivity contribution < 1.29 is 10.0 Å². The van der Waals surface area contributed by atoms with Crippen LogP contribution in [0.3, 0.4) is 0 Å². The number of hydrogen-bond acceptors (Lipinski definition) is 5. The molecule has 1 unspecified atom stereocenters. The van der Waals surface area contributed by atoms with Crippen molar-refractivity contribution in [2.45, 2.75) is 19.8 Å². The highest BCUT2D eigenvalue weighted by molar-refractivity contribution is 9.10. The first kappa shape index (κ1) is 14.8. The number of aromatic nitrogens is 1. The molecule has 0 aromatic carbocycles. The van der Waals surface area contributed by atoms with E-state index in [0.29, 0.717) is 22.8 Å². The molecule has 18 heavy (non-hydrogen) atoms. The molecule has 1 rings (SSSR count). The number of aliphatic hydroxyl groups excluding tert-OH is 1. The van der Waals surface area contributed by atoms with Gasteiger partial charge in [0.1, 0.15) is 12.0 Å². The third kappa shape index (κ3) is 4.23. The standard InChI is InChI=1S/C11H16BrN3O3/c1-2-8(3-4-16)6-13-11-10(12)5-9(7-14-11)15(17)18/h5,7-8,16H,2-4,6H2,1H3,(H,13,14). The summed E-state index contributed by atoms with van der Waals surface area (Å²) in [6.07, 6.45) is 2.91. The molecule has 0 amide bonds. The first-order valence-corrected chi connectivity index (χ1v) is 6.52. The predicted octanol–water partition coefficient (Wildman–Crippen LogP) is 2.57. The van der Waals surface area contributed by atoms with Crippen molar-refractivity contribution in [3.05, 3.63) is 26.9 Å². The number of pyridine rings is 1. The maximum absolute atomic E-state index is 10.6. The number of nitro groups is 1. The molecule has 1 aromatic rings. The van der Waals surface area contributed by atoms with Gasteiger partial charge >= 0.3 is 0 Å². The first-order valence-electron chi connectivity index (χ1n) is 5.73. The minimum absolute atomic E-state index is 0.0465. The lowest BCUT2D eigenvalue weighted by atomic mass is 10.0. The summed E-state index contributed by atoms with van der Waals surface area (Å²) in [5.41, 5.74) is -0.0465. The number of nitrogens with one attached hydrogen (secondary N) is 1. The van der Waals surface area contributed by atoms with Crippen LogP contribution in [0.1, 0.15) is 19.8 Å². The van der Waals surface area contributed by atoms with Gasteiger partial charge in [-0.25, -0.2) is 4.98 Å². The number of hydrogen-bond donors (Lipinski definition) is 2. The van der Waals surface area contributed by atoms with Gasteiger partial charge in [-0.3, -0.25) is 10.1 Å². The average Bonchev–Trinajstić information content (AvgIpc) is 2.35. The SMILES string of the molecule is CCC(CCO)CNc1ncc([N+](=O)[O-])cc1Br. The number of anilines is 1. The van der Waals surface area contributed by atoms with Gasteiger partial charge in [0, 0.05) is 19.2 Å². The van der Waals surface area contributed by atoms with E-state index in [2.05, 4.69) is 33.2 Å². The molecule has 0 bridgehead atoms. The van der Waals surface area contributed by atoms with Crippen LogP contribution < -0.4 is 5.32 Å². The second-order valence-electron chi connectivity index (χ2n) is 3.95. The molecule has 0 spiro atoms. The Balaban J connectivity index is 2.65. The lowest BCUT2D eigenvalue weighted by Crippen LogP contribution is -2.16. The van der Waals surface area contributed by atoms with Gasteiger partial charge in [0.15, 0.2) is 0 Å². The van der Waals surface area contributed by atoms with Crippen LogP contribution in [0.15, 0.2) is 16.7 Å². The molecular formula is C11H16BrN3O3. The Bertz CT molecular complexity index is 415. The van der Waals surface area contributed by atoms with Gasteiger partial charge in [0.25, 0.3) is 5.69 Å². The largest absolute Gasteiger partial charge is 0.396 e. The third-order valence-electron chi connectivity index (χ3n) is 2.71. The lowest BCUT2D eigenvalue weighted by Gasteiger charge is -2.15. The zero-order chi connectivity index (χ0) is 13.5. The van der Waals surface area contributed by atoms with E-state index in [1.165, 1.54) is 12.3 Å². The molecule has 0 aliphatic carbocycles. The Morgan fingerprint density at radius 3 is 2.89 bits per heavy atom. The summed E-state index contributed by atoms with van der Waals surface area (Å²) in [6, 6.07) is 1.42. The summed E-state index contributed by atoms with van der Waals surface area (Å²) in [7, 11) is 0. The Kier molecular flexibility index (Phi) is 6.00. The second-order valence-corrected chi connectivity index (χ2v) is 4.80. The molecule has 1 heterocycles. The number of halogens is 1. The number of rotatable bonds is 7. The quantitative estimate of drug-likeness (QED) is 0.596. The van der Waals surface area contributed by atoms with Crippen molar-refractivity contribution in [3.63, 3.8) is 0 Å². The summed E-state index contributed by atoms with van der Waals surface area (Å²) in [5, 5.41) is 22.6. The summed E-state index contributed by atoms with van der Waals surface area (Å²) < 4.78 is 0.565. The van der Waals surface area contributed by atoms with E-state index < -0.39 is 4.92 Å². The van der Waals surface area contributed by atoms with Crippen LogP contribution in [0.2, 0.25) is 0 Å². The maximum Gasteiger partial charge on any atom is 0.288 e. The Labute approximate surface area is 114 Å². The molecule has 100 valence electrons. The van der Waals surface area contributed by atoms with Crippen molar-refractivity contribution >= 4 is 27.4 Å². The summed E-state index contributed by atoms with van der Waals surface area (Å²) in [5.74, 6) is 0.941. The molecule has 1 atom stereocenters. The Hall–Kier alpha value is -1.21. The number of aliphatic hydroxyl groups is 1. The molecule has 0 radical (unpaired) electrons. The molecule has 0 fully saturated rings. The summed E-state index contributed by atoms with van der Waals surface area (Å²) in [4.78, 5) is 14.1. The monoisotopic (exact) mass is 317 g/mol. The predicted molar refractivity (Wildman–Crippen MR) is 72.6 cm³/mol. The van der Waals surface area contributed by atoms with E-state index in [-0.39, 0.29) is 12.3 Å². The molecule has 0 aliphatic rings. The molecule has 0 aliphatic heterocycles. The molecule has 0 saturated heterocycles. The van der Waals surface area contributed by atoms with Crippen LogP contribution in [-0.4, -0.2) is 28.2 Å². The van der Waals surface area contributed by atoms with Gasteiger partial charge in [-0.15, -0.1) is 0 Å². The van der Waals surface area contributed by atoms with Gasteiger partial charge < -0.3 is 10.4 Å². The molecule has 2 N–H and O–H groups in total. The van der Waals surface area contributed by atoms with E-state index in [9.17, 15) is 10.1 Å². The van der Waals surface area contributed by atoms with Crippen molar-refractivity contribution in [1.82, 2.24) is 4.98 Å². The maximum atomic E-state index is 10.6. The lowest BCUT2D eigenvalue weighted by molar-refractivity contribution is -0.385. The topological polar surface area (TPSA) is 88.3 Å². The first-order chi connectivity index (χ1) is 8.58. The highest BCUT2D eigenvalue weighted by atomic mass is 79.9. The van der Waals surface area contributed by atoms with Gasteiger partial charge in [-0.1, -0.05) is 13.3 Å². The van der Waals surface area contributed by atoms with Crippen LogP contribution in [-0.2, 0) is 0 Å². The highest BCUT2D eigenvalue weighted by Gasteiger charge is 2.12. The van der Waals surface area contributed by atoms with Crippen molar-refractivity contribution in [2.75, 3.05) is 18.5 Å². The van der Waals surface area contributed by atoms with Crippen LogP contribution in [0.4, 0.5) is 11.5 Å². The molecule has 0 saturated carbocycles. The molecule has 7 heteroatoms. The summed E-state index contributed by atoms with van der Waals surface area (Å²) in [6.45, 7) is 2.90. The fourth-order valence-corrected chi connectivity index (χ4v) is 2.01. The second kappa shape index (κ2) is 7.27. The average molecular weight is 318 g/mol. The molecule has 1 aromatic heterocycles. The van der Waals surface area contributed by atoms with E-state index in [0.717, 1.165) is 12.8 Å². The van der Waals surface area contributed by atoms with Crippen LogP contribution in [0.5, 0.6) is 0 Å². The fourth-order valence-electron chi connectivity index (χ4n) is 1.53. The minimum Gasteiger partial charge on any atom is -0.396 e.